The van der Waals surface area contributed by atoms with Crippen molar-refractivity contribution in [3.05, 3.63) is 95.1 Å². The minimum Gasteiger partial charge on any atom is -0.489 e. The van der Waals surface area contributed by atoms with E-state index in [-0.39, 0.29) is 5.97 Å². The van der Waals surface area contributed by atoms with Crippen molar-refractivity contribution in [2.24, 2.45) is 0 Å². The maximum atomic E-state index is 12.6. The predicted molar refractivity (Wildman–Crippen MR) is 108 cm³/mol. The summed E-state index contributed by atoms with van der Waals surface area (Å²) in [5.74, 6) is 2.32. The van der Waals surface area contributed by atoms with Crippen LogP contribution < -0.4 is 9.47 Å². The molecule has 1 saturated carbocycles. The van der Waals surface area contributed by atoms with Gasteiger partial charge in [-0.05, 0) is 60.9 Å². The lowest BCUT2D eigenvalue weighted by Crippen LogP contribution is -2.12. The Morgan fingerprint density at radius 1 is 0.786 bits per heavy atom. The SMILES string of the molecule is O=C(Oc1ccc(OCc2ccccc2)c2c1C1CCC2C1)c1ccccc1. The number of carbonyl (C=O) groups excluding carboxylic acids is 1. The number of rotatable bonds is 5. The monoisotopic (exact) mass is 370 g/mol. The van der Waals surface area contributed by atoms with Gasteiger partial charge in [0.2, 0.25) is 0 Å². The Bertz CT molecular complexity index is 995. The van der Waals surface area contributed by atoms with Gasteiger partial charge in [0.25, 0.3) is 0 Å². The lowest BCUT2D eigenvalue weighted by atomic mass is 9.90. The Hall–Kier alpha value is -3.07. The van der Waals surface area contributed by atoms with Crippen molar-refractivity contribution < 1.29 is 14.3 Å². The molecule has 5 rings (SSSR count). The van der Waals surface area contributed by atoms with Gasteiger partial charge in [-0.3, -0.25) is 0 Å². The van der Waals surface area contributed by atoms with Gasteiger partial charge >= 0.3 is 5.97 Å². The maximum Gasteiger partial charge on any atom is 0.343 e. The number of hydrogen-bond donors (Lipinski definition) is 0. The Morgan fingerprint density at radius 2 is 1.39 bits per heavy atom. The number of carbonyl (C=O) groups is 1. The van der Waals surface area contributed by atoms with Gasteiger partial charge in [0, 0.05) is 11.1 Å². The molecule has 2 aliphatic carbocycles. The molecule has 0 saturated heterocycles. The summed E-state index contributed by atoms with van der Waals surface area (Å²) in [5, 5.41) is 0. The van der Waals surface area contributed by atoms with E-state index in [0.717, 1.165) is 24.2 Å². The molecular formula is C25H22O3. The van der Waals surface area contributed by atoms with Gasteiger partial charge in [0.1, 0.15) is 18.1 Å². The Labute approximate surface area is 164 Å². The smallest absolute Gasteiger partial charge is 0.343 e. The molecule has 28 heavy (non-hydrogen) atoms. The summed E-state index contributed by atoms with van der Waals surface area (Å²) < 4.78 is 12.0. The second-order valence-corrected chi connectivity index (χ2v) is 7.63. The van der Waals surface area contributed by atoms with E-state index in [1.807, 2.05) is 48.5 Å². The van der Waals surface area contributed by atoms with Crippen LogP contribution in [0.5, 0.6) is 11.5 Å². The van der Waals surface area contributed by atoms with Crippen LogP contribution in [0.25, 0.3) is 0 Å². The van der Waals surface area contributed by atoms with Crippen LogP contribution in [-0.4, -0.2) is 5.97 Å². The summed E-state index contributed by atoms with van der Waals surface area (Å²) in [6.07, 6.45) is 3.49. The Kier molecular flexibility index (Phi) is 4.36. The van der Waals surface area contributed by atoms with Crippen molar-refractivity contribution in [2.45, 2.75) is 37.7 Å². The maximum absolute atomic E-state index is 12.6. The topological polar surface area (TPSA) is 35.5 Å². The molecule has 2 unspecified atom stereocenters. The first-order valence-corrected chi connectivity index (χ1v) is 9.90. The van der Waals surface area contributed by atoms with Crippen molar-refractivity contribution >= 4 is 5.97 Å². The van der Waals surface area contributed by atoms with Gasteiger partial charge in [-0.1, -0.05) is 48.5 Å². The molecule has 0 aromatic heterocycles. The molecule has 2 aliphatic rings. The quantitative estimate of drug-likeness (QED) is 0.417. The van der Waals surface area contributed by atoms with Crippen LogP contribution >= 0.6 is 0 Å². The van der Waals surface area contributed by atoms with Crippen LogP contribution in [0.3, 0.4) is 0 Å². The van der Waals surface area contributed by atoms with Crippen LogP contribution in [0.4, 0.5) is 0 Å². The van der Waals surface area contributed by atoms with Crippen molar-refractivity contribution in [3.8, 4) is 11.5 Å². The number of hydrogen-bond acceptors (Lipinski definition) is 3. The van der Waals surface area contributed by atoms with E-state index in [1.54, 1.807) is 12.1 Å². The van der Waals surface area contributed by atoms with Crippen molar-refractivity contribution in [1.82, 2.24) is 0 Å². The first-order chi connectivity index (χ1) is 13.8. The zero-order chi connectivity index (χ0) is 18.9. The Morgan fingerprint density at radius 3 is 2.11 bits per heavy atom. The summed E-state index contributed by atoms with van der Waals surface area (Å²) in [5.41, 5.74) is 4.17. The van der Waals surface area contributed by atoms with Crippen molar-refractivity contribution in [1.29, 1.82) is 0 Å². The molecule has 1 fully saturated rings. The number of ether oxygens (including phenoxy) is 2. The molecule has 0 radical (unpaired) electrons. The average Bonchev–Trinajstić information content (AvgIpc) is 3.37. The lowest BCUT2D eigenvalue weighted by molar-refractivity contribution is 0.0732. The Balaban J connectivity index is 1.43. The summed E-state index contributed by atoms with van der Waals surface area (Å²) in [4.78, 5) is 12.6. The average molecular weight is 370 g/mol. The third-order valence-corrected chi connectivity index (χ3v) is 5.91. The number of fused-ring (bicyclic) bond motifs is 5. The number of benzene rings is 3. The van der Waals surface area contributed by atoms with E-state index in [4.69, 9.17) is 9.47 Å². The highest BCUT2D eigenvalue weighted by Crippen LogP contribution is 2.58. The highest BCUT2D eigenvalue weighted by molar-refractivity contribution is 5.91. The normalized spacial score (nSPS) is 19.3. The van der Waals surface area contributed by atoms with E-state index in [0.29, 0.717) is 29.8 Å². The summed E-state index contributed by atoms with van der Waals surface area (Å²) >= 11 is 0. The van der Waals surface area contributed by atoms with Gasteiger partial charge in [-0.2, -0.15) is 0 Å². The molecule has 0 heterocycles. The molecule has 3 nitrogen and oxygen atoms in total. The van der Waals surface area contributed by atoms with E-state index in [2.05, 4.69) is 12.1 Å². The van der Waals surface area contributed by atoms with Crippen LogP contribution in [0.2, 0.25) is 0 Å². The zero-order valence-electron chi connectivity index (χ0n) is 15.6. The summed E-state index contributed by atoms with van der Waals surface area (Å²) in [6, 6.07) is 23.2. The molecule has 3 aromatic carbocycles. The molecule has 0 aliphatic heterocycles. The third kappa shape index (κ3) is 3.07. The highest BCUT2D eigenvalue weighted by atomic mass is 16.5. The second-order valence-electron chi connectivity index (χ2n) is 7.63. The molecule has 3 aromatic rings. The van der Waals surface area contributed by atoms with Gasteiger partial charge in [0.05, 0.1) is 5.56 Å². The lowest BCUT2D eigenvalue weighted by Gasteiger charge is -2.22. The van der Waals surface area contributed by atoms with Crippen LogP contribution in [0.1, 0.15) is 58.1 Å². The molecule has 140 valence electrons. The van der Waals surface area contributed by atoms with E-state index < -0.39 is 0 Å². The fourth-order valence-electron chi connectivity index (χ4n) is 4.63. The summed E-state index contributed by atoms with van der Waals surface area (Å²) in [7, 11) is 0. The van der Waals surface area contributed by atoms with E-state index in [9.17, 15) is 4.79 Å². The fraction of sp³-hybridized carbons (Fsp3) is 0.240. The molecule has 2 atom stereocenters. The van der Waals surface area contributed by atoms with Crippen LogP contribution in [0, 0.1) is 0 Å². The number of esters is 1. The fourth-order valence-corrected chi connectivity index (χ4v) is 4.63. The highest BCUT2D eigenvalue weighted by Gasteiger charge is 2.41. The molecule has 0 spiro atoms. The first-order valence-electron chi connectivity index (χ1n) is 9.90. The molecular weight excluding hydrogens is 348 g/mol. The van der Waals surface area contributed by atoms with Gasteiger partial charge in [-0.15, -0.1) is 0 Å². The molecule has 3 heteroatoms. The molecule has 0 N–H and O–H groups in total. The van der Waals surface area contributed by atoms with Crippen molar-refractivity contribution in [2.75, 3.05) is 0 Å². The molecule has 2 bridgehead atoms. The van der Waals surface area contributed by atoms with E-state index >= 15 is 0 Å². The predicted octanol–water partition coefficient (Wildman–Crippen LogP) is 5.85. The van der Waals surface area contributed by atoms with Crippen molar-refractivity contribution in [3.63, 3.8) is 0 Å². The standard InChI is InChI=1S/C25H22O3/c26-25(18-9-5-2-6-10-18)28-22-14-13-21(27-16-17-7-3-1-4-8-17)23-19-11-12-20(15-19)24(22)23/h1-10,13-14,19-20H,11-12,15-16H2. The first kappa shape index (κ1) is 17.1. The van der Waals surface area contributed by atoms with E-state index in [1.165, 1.54) is 17.5 Å². The summed E-state index contributed by atoms with van der Waals surface area (Å²) in [6.45, 7) is 0.549. The van der Waals surface area contributed by atoms with Crippen LogP contribution in [-0.2, 0) is 6.61 Å². The van der Waals surface area contributed by atoms with Gasteiger partial charge in [-0.25, -0.2) is 4.79 Å². The van der Waals surface area contributed by atoms with Crippen LogP contribution in [0.15, 0.2) is 72.8 Å². The molecule has 0 amide bonds. The minimum absolute atomic E-state index is 0.302. The largest absolute Gasteiger partial charge is 0.489 e. The minimum atomic E-state index is -0.302. The second kappa shape index (κ2) is 7.16. The third-order valence-electron chi connectivity index (χ3n) is 5.91. The van der Waals surface area contributed by atoms with Gasteiger partial charge in [0.15, 0.2) is 0 Å². The zero-order valence-corrected chi connectivity index (χ0v) is 15.6. The van der Waals surface area contributed by atoms with Gasteiger partial charge < -0.3 is 9.47 Å².